The second kappa shape index (κ2) is 9.46. The molecule has 33 heavy (non-hydrogen) atoms. The van der Waals surface area contributed by atoms with Gasteiger partial charge in [-0.15, -0.1) is 0 Å². The van der Waals surface area contributed by atoms with E-state index in [1.807, 2.05) is 12.3 Å². The predicted molar refractivity (Wildman–Crippen MR) is 122 cm³/mol. The summed E-state index contributed by atoms with van der Waals surface area (Å²) in [5.41, 5.74) is 3.51. The van der Waals surface area contributed by atoms with Crippen molar-refractivity contribution in [2.45, 2.75) is 44.2 Å². The number of hydrogen-bond acceptors (Lipinski definition) is 8. The Labute approximate surface area is 192 Å². The summed E-state index contributed by atoms with van der Waals surface area (Å²) in [4.78, 5) is 8.62. The van der Waals surface area contributed by atoms with Gasteiger partial charge in [-0.3, -0.25) is 0 Å². The first-order valence-electron chi connectivity index (χ1n) is 11.2. The van der Waals surface area contributed by atoms with E-state index in [9.17, 15) is 5.26 Å². The summed E-state index contributed by atoms with van der Waals surface area (Å²) in [6.07, 6.45) is 11.9. The average molecular weight is 447 g/mol. The van der Waals surface area contributed by atoms with Gasteiger partial charge in [0.15, 0.2) is 0 Å². The fourth-order valence-electron chi connectivity index (χ4n) is 4.43. The van der Waals surface area contributed by atoms with Crippen LogP contribution in [0.4, 0.5) is 5.95 Å². The van der Waals surface area contributed by atoms with Crippen molar-refractivity contribution in [3.63, 3.8) is 0 Å². The average Bonchev–Trinajstić information content (AvgIpc) is 3.29. The molecule has 0 spiro atoms. The van der Waals surface area contributed by atoms with E-state index < -0.39 is 0 Å². The number of anilines is 1. The molecule has 0 aromatic carbocycles. The first-order chi connectivity index (χ1) is 16.2. The van der Waals surface area contributed by atoms with Crippen LogP contribution in [-0.2, 0) is 4.74 Å². The maximum absolute atomic E-state index is 9.57. The Bertz CT molecular complexity index is 1210. The number of methoxy groups -OCH3 is 1. The molecule has 0 unspecified atom stereocenters. The maximum atomic E-state index is 9.57. The lowest BCUT2D eigenvalue weighted by Gasteiger charge is -2.30. The minimum Gasteiger partial charge on any atom is -0.488 e. The normalized spacial score (nSPS) is 20.7. The SMILES string of the molecule is COc1ccnc(NC2CCC(Oc3cc(C4=CCOCC4)cn4ncc(C#N)c34)CC2)n1. The molecule has 4 heterocycles. The lowest BCUT2D eigenvalue weighted by atomic mass is 9.93. The highest BCUT2D eigenvalue weighted by molar-refractivity contribution is 5.75. The lowest BCUT2D eigenvalue weighted by Crippen LogP contribution is -2.31. The van der Waals surface area contributed by atoms with Gasteiger partial charge in [-0.05, 0) is 49.3 Å². The highest BCUT2D eigenvalue weighted by Crippen LogP contribution is 2.33. The molecule has 0 bridgehead atoms. The molecule has 0 radical (unpaired) electrons. The topological polar surface area (TPSA) is 107 Å². The largest absolute Gasteiger partial charge is 0.488 e. The van der Waals surface area contributed by atoms with Crippen LogP contribution in [0.5, 0.6) is 11.6 Å². The zero-order chi connectivity index (χ0) is 22.6. The predicted octanol–water partition coefficient (Wildman–Crippen LogP) is 3.61. The fourth-order valence-corrected chi connectivity index (χ4v) is 4.43. The third-order valence-electron chi connectivity index (χ3n) is 6.17. The number of nitrogens with zero attached hydrogens (tertiary/aromatic N) is 5. The Kier molecular flexibility index (Phi) is 6.09. The van der Waals surface area contributed by atoms with Crippen LogP contribution < -0.4 is 14.8 Å². The Morgan fingerprint density at radius 3 is 2.91 bits per heavy atom. The van der Waals surface area contributed by atoms with E-state index >= 15 is 0 Å². The van der Waals surface area contributed by atoms with Gasteiger partial charge >= 0.3 is 0 Å². The van der Waals surface area contributed by atoms with Crippen molar-refractivity contribution in [1.82, 2.24) is 19.6 Å². The molecular formula is C24H26N6O3. The van der Waals surface area contributed by atoms with E-state index in [1.54, 1.807) is 30.1 Å². The van der Waals surface area contributed by atoms with E-state index in [0.29, 0.717) is 36.4 Å². The Morgan fingerprint density at radius 1 is 1.27 bits per heavy atom. The quantitative estimate of drug-likeness (QED) is 0.612. The summed E-state index contributed by atoms with van der Waals surface area (Å²) < 4.78 is 18.9. The molecule has 9 nitrogen and oxygen atoms in total. The van der Waals surface area contributed by atoms with Gasteiger partial charge in [-0.25, -0.2) is 9.50 Å². The summed E-state index contributed by atoms with van der Waals surface area (Å²) in [5.74, 6) is 1.83. The van der Waals surface area contributed by atoms with Gasteiger partial charge in [-0.2, -0.15) is 15.3 Å². The smallest absolute Gasteiger partial charge is 0.226 e. The standard InChI is InChI=1S/C24H26N6O3/c1-31-22-6-9-26-24(29-22)28-19-2-4-20(5-3-19)33-21-12-17(16-7-10-32-11-8-16)15-30-23(21)18(13-25)14-27-30/h6-7,9,12,14-15,19-20H,2-5,8,10-11H2,1H3,(H,26,28,29). The summed E-state index contributed by atoms with van der Waals surface area (Å²) >= 11 is 0. The summed E-state index contributed by atoms with van der Waals surface area (Å²) in [6, 6.07) is 6.29. The van der Waals surface area contributed by atoms with Gasteiger partial charge in [-0.1, -0.05) is 6.08 Å². The van der Waals surface area contributed by atoms with Gasteiger partial charge < -0.3 is 19.5 Å². The fraction of sp³-hybridized carbons (Fsp3) is 0.417. The molecule has 1 aliphatic carbocycles. The molecule has 1 N–H and O–H groups in total. The van der Waals surface area contributed by atoms with Gasteiger partial charge in [0.05, 0.1) is 32.6 Å². The van der Waals surface area contributed by atoms with Crippen LogP contribution in [0.15, 0.2) is 36.8 Å². The molecule has 1 aliphatic heterocycles. The molecule has 3 aromatic rings. The van der Waals surface area contributed by atoms with E-state index in [1.165, 1.54) is 5.57 Å². The summed E-state index contributed by atoms with van der Waals surface area (Å²) in [7, 11) is 1.59. The zero-order valence-electron chi connectivity index (χ0n) is 18.5. The minimum absolute atomic E-state index is 0.0680. The third kappa shape index (κ3) is 4.61. The molecule has 1 fully saturated rings. The number of fused-ring (bicyclic) bond motifs is 1. The number of hydrogen-bond donors (Lipinski definition) is 1. The second-order valence-electron chi connectivity index (χ2n) is 8.27. The number of pyridine rings is 1. The van der Waals surface area contributed by atoms with E-state index in [2.05, 4.69) is 32.5 Å². The molecule has 0 amide bonds. The van der Waals surface area contributed by atoms with Crippen LogP contribution in [0.25, 0.3) is 11.1 Å². The van der Waals surface area contributed by atoms with Crippen LogP contribution in [-0.4, -0.2) is 52.1 Å². The van der Waals surface area contributed by atoms with Crippen molar-refractivity contribution in [3.8, 4) is 17.7 Å². The molecular weight excluding hydrogens is 420 g/mol. The van der Waals surface area contributed by atoms with E-state index in [4.69, 9.17) is 14.2 Å². The van der Waals surface area contributed by atoms with Crippen molar-refractivity contribution < 1.29 is 14.2 Å². The van der Waals surface area contributed by atoms with E-state index in [-0.39, 0.29) is 12.1 Å². The third-order valence-corrected chi connectivity index (χ3v) is 6.17. The van der Waals surface area contributed by atoms with Gasteiger partial charge in [0.1, 0.15) is 22.9 Å². The van der Waals surface area contributed by atoms with E-state index in [0.717, 1.165) is 43.2 Å². The summed E-state index contributed by atoms with van der Waals surface area (Å²) in [5, 5.41) is 17.4. The van der Waals surface area contributed by atoms with Crippen molar-refractivity contribution in [3.05, 3.63) is 47.9 Å². The van der Waals surface area contributed by atoms with Gasteiger partial charge in [0.2, 0.25) is 11.8 Å². The number of ether oxygens (including phenoxy) is 3. The maximum Gasteiger partial charge on any atom is 0.226 e. The molecule has 0 saturated heterocycles. The van der Waals surface area contributed by atoms with Crippen molar-refractivity contribution >= 4 is 17.0 Å². The van der Waals surface area contributed by atoms with Crippen molar-refractivity contribution in [2.24, 2.45) is 0 Å². The molecule has 0 atom stereocenters. The molecule has 9 heteroatoms. The lowest BCUT2D eigenvalue weighted by molar-refractivity contribution is 0.151. The molecule has 5 rings (SSSR count). The Balaban J connectivity index is 1.31. The highest BCUT2D eigenvalue weighted by atomic mass is 16.5. The van der Waals surface area contributed by atoms with Crippen LogP contribution in [0, 0.1) is 11.3 Å². The molecule has 1 saturated carbocycles. The number of nitriles is 1. The first-order valence-corrected chi connectivity index (χ1v) is 11.2. The Hall–Kier alpha value is -3.64. The highest BCUT2D eigenvalue weighted by Gasteiger charge is 2.25. The van der Waals surface area contributed by atoms with Crippen LogP contribution in [0.3, 0.4) is 0 Å². The minimum atomic E-state index is 0.0680. The number of aromatic nitrogens is 4. The van der Waals surface area contributed by atoms with Gasteiger partial charge in [0.25, 0.3) is 0 Å². The number of nitrogens with one attached hydrogen (secondary N) is 1. The molecule has 170 valence electrons. The Morgan fingerprint density at radius 2 is 2.15 bits per heavy atom. The first kappa shape index (κ1) is 21.2. The summed E-state index contributed by atoms with van der Waals surface area (Å²) in [6.45, 7) is 1.32. The monoisotopic (exact) mass is 446 g/mol. The van der Waals surface area contributed by atoms with Crippen LogP contribution in [0.1, 0.15) is 43.2 Å². The second-order valence-corrected chi connectivity index (χ2v) is 8.27. The zero-order valence-corrected chi connectivity index (χ0v) is 18.5. The number of rotatable bonds is 6. The van der Waals surface area contributed by atoms with Crippen molar-refractivity contribution in [1.29, 1.82) is 5.26 Å². The molecule has 3 aromatic heterocycles. The van der Waals surface area contributed by atoms with Crippen LogP contribution in [0.2, 0.25) is 0 Å². The molecule has 2 aliphatic rings. The van der Waals surface area contributed by atoms with Crippen molar-refractivity contribution in [2.75, 3.05) is 25.6 Å². The van der Waals surface area contributed by atoms with Crippen LogP contribution >= 0.6 is 0 Å². The van der Waals surface area contributed by atoms with Gasteiger partial charge in [0, 0.05) is 24.5 Å².